The molecule has 0 aliphatic carbocycles. The fourth-order valence-electron chi connectivity index (χ4n) is 2.21. The van der Waals surface area contributed by atoms with Gasteiger partial charge in [0.05, 0.1) is 11.3 Å². The van der Waals surface area contributed by atoms with Crippen molar-refractivity contribution in [1.29, 1.82) is 0 Å². The SMILES string of the molecule is CC(/C=C1\SC(=O)N(CC(=O)NCCC(=O)O)C1=O)=C\c1ccccc1. The van der Waals surface area contributed by atoms with E-state index in [0.29, 0.717) is 0 Å². The third-order valence-corrected chi connectivity index (χ3v) is 4.30. The first kappa shape index (κ1) is 19.5. The maximum absolute atomic E-state index is 12.3. The van der Waals surface area contributed by atoms with Crippen LogP contribution in [0.3, 0.4) is 0 Å². The number of nitrogens with one attached hydrogen (secondary N) is 1. The van der Waals surface area contributed by atoms with Gasteiger partial charge in [-0.3, -0.25) is 24.1 Å². The Kier molecular flexibility index (Phi) is 6.74. The largest absolute Gasteiger partial charge is 0.481 e. The minimum absolute atomic E-state index is 0.0564. The van der Waals surface area contributed by atoms with Crippen molar-refractivity contribution < 1.29 is 24.3 Å². The van der Waals surface area contributed by atoms with E-state index in [4.69, 9.17) is 5.11 Å². The summed E-state index contributed by atoms with van der Waals surface area (Å²) in [6, 6.07) is 9.54. The highest BCUT2D eigenvalue weighted by atomic mass is 32.2. The molecule has 136 valence electrons. The lowest BCUT2D eigenvalue weighted by molar-refractivity contribution is -0.137. The molecule has 7 nitrogen and oxygen atoms in total. The van der Waals surface area contributed by atoms with Crippen molar-refractivity contribution in [2.24, 2.45) is 0 Å². The molecule has 1 fully saturated rings. The molecule has 26 heavy (non-hydrogen) atoms. The van der Waals surface area contributed by atoms with Gasteiger partial charge in [-0.15, -0.1) is 0 Å². The lowest BCUT2D eigenvalue weighted by atomic mass is 10.1. The zero-order valence-electron chi connectivity index (χ0n) is 14.1. The average Bonchev–Trinajstić information content (AvgIpc) is 2.83. The molecule has 1 aliphatic rings. The Morgan fingerprint density at radius 3 is 2.58 bits per heavy atom. The first-order valence-corrected chi connectivity index (χ1v) is 8.65. The average molecular weight is 374 g/mol. The number of allylic oxidation sites excluding steroid dienone is 2. The highest BCUT2D eigenvalue weighted by Gasteiger charge is 2.36. The summed E-state index contributed by atoms with van der Waals surface area (Å²) in [6.45, 7) is 1.34. The van der Waals surface area contributed by atoms with Gasteiger partial charge < -0.3 is 10.4 Å². The van der Waals surface area contributed by atoms with Gasteiger partial charge in [0, 0.05) is 6.54 Å². The number of carboxylic acids is 1. The van der Waals surface area contributed by atoms with E-state index in [1.807, 2.05) is 43.3 Å². The molecule has 0 aromatic heterocycles. The molecule has 0 saturated carbocycles. The molecule has 0 radical (unpaired) electrons. The van der Waals surface area contributed by atoms with Crippen LogP contribution in [-0.2, 0) is 14.4 Å². The van der Waals surface area contributed by atoms with Gasteiger partial charge in [-0.2, -0.15) is 0 Å². The van der Waals surface area contributed by atoms with E-state index in [1.54, 1.807) is 6.08 Å². The highest BCUT2D eigenvalue weighted by Crippen LogP contribution is 2.31. The molecule has 1 saturated heterocycles. The number of nitrogens with zero attached hydrogens (tertiary/aromatic N) is 1. The maximum Gasteiger partial charge on any atom is 0.305 e. The normalized spacial score (nSPS) is 16.3. The van der Waals surface area contributed by atoms with Gasteiger partial charge in [-0.05, 0) is 35.9 Å². The van der Waals surface area contributed by atoms with Crippen molar-refractivity contribution >= 4 is 40.9 Å². The van der Waals surface area contributed by atoms with Crippen molar-refractivity contribution in [2.45, 2.75) is 13.3 Å². The first-order valence-electron chi connectivity index (χ1n) is 7.84. The van der Waals surface area contributed by atoms with Crippen LogP contribution >= 0.6 is 11.8 Å². The molecule has 0 spiro atoms. The number of thioether (sulfide) groups is 1. The molecule has 3 amide bonds. The lowest BCUT2D eigenvalue weighted by Gasteiger charge is -2.11. The van der Waals surface area contributed by atoms with E-state index in [-0.39, 0.29) is 17.9 Å². The Morgan fingerprint density at radius 1 is 1.23 bits per heavy atom. The number of carbonyl (C=O) groups excluding carboxylic acids is 3. The highest BCUT2D eigenvalue weighted by molar-refractivity contribution is 8.18. The topological polar surface area (TPSA) is 104 Å². The van der Waals surface area contributed by atoms with Crippen LogP contribution in [0.5, 0.6) is 0 Å². The Balaban J connectivity index is 2.00. The molecule has 2 N–H and O–H groups in total. The van der Waals surface area contributed by atoms with Crippen molar-refractivity contribution in [3.63, 3.8) is 0 Å². The van der Waals surface area contributed by atoms with E-state index in [1.165, 1.54) is 0 Å². The molecule has 1 aromatic rings. The lowest BCUT2D eigenvalue weighted by Crippen LogP contribution is -2.40. The van der Waals surface area contributed by atoms with Gasteiger partial charge in [-0.25, -0.2) is 0 Å². The fourth-order valence-corrected chi connectivity index (χ4v) is 3.09. The van der Waals surface area contributed by atoms with Gasteiger partial charge in [0.2, 0.25) is 5.91 Å². The first-order chi connectivity index (χ1) is 12.4. The summed E-state index contributed by atoms with van der Waals surface area (Å²) in [7, 11) is 0. The number of benzene rings is 1. The summed E-state index contributed by atoms with van der Waals surface area (Å²) >= 11 is 0.775. The fraction of sp³-hybridized carbons (Fsp3) is 0.222. The second-order valence-corrected chi connectivity index (χ2v) is 6.55. The number of hydrogen-bond acceptors (Lipinski definition) is 5. The maximum atomic E-state index is 12.3. The van der Waals surface area contributed by atoms with E-state index in [0.717, 1.165) is 27.8 Å². The van der Waals surface area contributed by atoms with Crippen LogP contribution in [0.1, 0.15) is 18.9 Å². The number of imide groups is 1. The van der Waals surface area contributed by atoms with E-state index >= 15 is 0 Å². The zero-order valence-corrected chi connectivity index (χ0v) is 14.9. The van der Waals surface area contributed by atoms with Crippen LogP contribution < -0.4 is 5.32 Å². The summed E-state index contributed by atoms with van der Waals surface area (Å²) in [4.78, 5) is 47.6. The summed E-state index contributed by atoms with van der Waals surface area (Å²) < 4.78 is 0. The van der Waals surface area contributed by atoms with Gasteiger partial charge in [0.15, 0.2) is 0 Å². The molecule has 8 heteroatoms. The van der Waals surface area contributed by atoms with Crippen molar-refractivity contribution in [1.82, 2.24) is 10.2 Å². The molecule has 2 rings (SSSR count). The second-order valence-electron chi connectivity index (χ2n) is 5.56. The molecule has 1 aromatic carbocycles. The third kappa shape index (κ3) is 5.59. The summed E-state index contributed by atoms with van der Waals surface area (Å²) in [5.74, 6) is -2.15. The van der Waals surface area contributed by atoms with Crippen molar-refractivity contribution in [2.75, 3.05) is 13.1 Å². The van der Waals surface area contributed by atoms with Crippen LogP contribution in [0.4, 0.5) is 4.79 Å². The number of aliphatic carboxylic acids is 1. The smallest absolute Gasteiger partial charge is 0.305 e. The molecule has 1 aliphatic heterocycles. The van der Waals surface area contributed by atoms with Crippen molar-refractivity contribution in [3.8, 4) is 0 Å². The van der Waals surface area contributed by atoms with E-state index in [9.17, 15) is 19.2 Å². The van der Waals surface area contributed by atoms with Gasteiger partial charge in [0.25, 0.3) is 11.1 Å². The molecular weight excluding hydrogens is 356 g/mol. The van der Waals surface area contributed by atoms with Crippen LogP contribution in [0.25, 0.3) is 6.08 Å². The summed E-state index contributed by atoms with van der Waals surface area (Å²) in [6.07, 6.45) is 3.27. The number of amides is 3. The Hall–Kier alpha value is -2.87. The molecule has 0 unspecified atom stereocenters. The van der Waals surface area contributed by atoms with Crippen LogP contribution in [-0.4, -0.2) is 46.1 Å². The van der Waals surface area contributed by atoms with Crippen LogP contribution in [0.2, 0.25) is 0 Å². The monoisotopic (exact) mass is 374 g/mol. The number of carboxylic acid groups (broad SMARTS) is 1. The van der Waals surface area contributed by atoms with Crippen molar-refractivity contribution in [3.05, 3.63) is 52.4 Å². The molecule has 1 heterocycles. The second kappa shape index (κ2) is 9.00. The van der Waals surface area contributed by atoms with Crippen LogP contribution in [0, 0.1) is 0 Å². The standard InChI is InChI=1S/C18H18N2O5S/c1-12(9-13-5-3-2-4-6-13)10-14-17(24)20(18(25)26-14)11-15(21)19-8-7-16(22)23/h2-6,9-10H,7-8,11H2,1H3,(H,19,21)(H,22,23)/b12-9+,14-10-. The molecule has 0 bridgehead atoms. The molecule has 0 atom stereocenters. The predicted molar refractivity (Wildman–Crippen MR) is 98.1 cm³/mol. The number of hydrogen-bond donors (Lipinski definition) is 2. The van der Waals surface area contributed by atoms with E-state index in [2.05, 4.69) is 5.32 Å². The number of carbonyl (C=O) groups is 4. The van der Waals surface area contributed by atoms with Gasteiger partial charge >= 0.3 is 5.97 Å². The summed E-state index contributed by atoms with van der Waals surface area (Å²) in [5, 5.41) is 10.4. The molecular formula is C18H18N2O5S. The Morgan fingerprint density at radius 2 is 1.92 bits per heavy atom. The predicted octanol–water partition coefficient (Wildman–Crippen LogP) is 2.26. The van der Waals surface area contributed by atoms with Gasteiger partial charge in [-0.1, -0.05) is 36.4 Å². The summed E-state index contributed by atoms with van der Waals surface area (Å²) in [5.41, 5.74) is 1.77. The number of rotatable bonds is 7. The quantitative estimate of drug-likeness (QED) is 0.710. The zero-order chi connectivity index (χ0) is 19.1. The Bertz CT molecular complexity index is 786. The minimum atomic E-state index is -1.04. The van der Waals surface area contributed by atoms with E-state index < -0.39 is 29.6 Å². The van der Waals surface area contributed by atoms with Gasteiger partial charge in [0.1, 0.15) is 6.54 Å². The Labute approximate surface area is 154 Å². The third-order valence-electron chi connectivity index (χ3n) is 3.39. The minimum Gasteiger partial charge on any atom is -0.481 e. The van der Waals surface area contributed by atoms with Crippen LogP contribution in [0.15, 0.2) is 46.9 Å².